The molecule has 2 heteroatoms. The lowest BCUT2D eigenvalue weighted by Gasteiger charge is -2.05. The Morgan fingerprint density at radius 1 is 0.824 bits per heavy atom. The average Bonchev–Trinajstić information content (AvgIpc) is 2.30. The summed E-state index contributed by atoms with van der Waals surface area (Å²) in [5.74, 6) is 0. The molecule has 1 nitrogen and oxygen atoms in total. The lowest BCUT2D eigenvalue weighted by molar-refractivity contribution is 0.132. The molecule has 0 heterocycles. The van der Waals surface area contributed by atoms with Crippen LogP contribution in [-0.2, 0) is 4.74 Å². The molecule has 0 aromatic rings. The molecule has 0 aromatic heterocycles. The summed E-state index contributed by atoms with van der Waals surface area (Å²) in [5.41, 5.74) is 0. The summed E-state index contributed by atoms with van der Waals surface area (Å²) in [6, 6.07) is 0. The quantitative estimate of drug-likeness (QED) is 0.312. The third kappa shape index (κ3) is 16.2. The summed E-state index contributed by atoms with van der Waals surface area (Å²) in [5, 5.41) is 0.151. The van der Waals surface area contributed by atoms with E-state index >= 15 is 0 Å². The first-order valence-electron chi connectivity index (χ1n) is 7.49. The van der Waals surface area contributed by atoms with Gasteiger partial charge in [-0.1, -0.05) is 64.7 Å². The summed E-state index contributed by atoms with van der Waals surface area (Å²) >= 11 is 5.79. The van der Waals surface area contributed by atoms with E-state index in [1.54, 1.807) is 0 Å². The SMILES string of the molecule is CCCCCCCCCCCCOCC(C)Cl. The number of hydrogen-bond acceptors (Lipinski definition) is 1. The predicted molar refractivity (Wildman–Crippen MR) is 78.0 cm³/mol. The molecular formula is C15H31ClO. The normalized spacial score (nSPS) is 12.9. The van der Waals surface area contributed by atoms with Crippen molar-refractivity contribution in [3.63, 3.8) is 0 Å². The molecule has 1 atom stereocenters. The van der Waals surface area contributed by atoms with E-state index in [2.05, 4.69) is 6.92 Å². The molecule has 0 fully saturated rings. The number of alkyl halides is 1. The van der Waals surface area contributed by atoms with Gasteiger partial charge in [-0.3, -0.25) is 0 Å². The maximum atomic E-state index is 5.79. The minimum Gasteiger partial charge on any atom is -0.380 e. The predicted octanol–water partition coefficient (Wildman–Crippen LogP) is 5.55. The summed E-state index contributed by atoms with van der Waals surface area (Å²) < 4.78 is 5.44. The molecule has 0 spiro atoms. The Morgan fingerprint density at radius 3 is 1.76 bits per heavy atom. The van der Waals surface area contributed by atoms with Gasteiger partial charge in [0.15, 0.2) is 0 Å². The summed E-state index contributed by atoms with van der Waals surface area (Å²) in [6.45, 7) is 5.82. The Labute approximate surface area is 113 Å². The lowest BCUT2D eigenvalue weighted by Crippen LogP contribution is -2.05. The molecule has 0 bridgehead atoms. The average molecular weight is 263 g/mol. The maximum Gasteiger partial charge on any atom is 0.0627 e. The minimum absolute atomic E-state index is 0.151. The second-order valence-corrected chi connectivity index (χ2v) is 5.78. The fourth-order valence-electron chi connectivity index (χ4n) is 1.94. The molecule has 0 aliphatic carbocycles. The van der Waals surface area contributed by atoms with E-state index < -0.39 is 0 Å². The van der Waals surface area contributed by atoms with Gasteiger partial charge in [0.2, 0.25) is 0 Å². The highest BCUT2D eigenvalue weighted by Crippen LogP contribution is 2.10. The van der Waals surface area contributed by atoms with E-state index in [0.717, 1.165) is 6.61 Å². The molecule has 0 radical (unpaired) electrons. The Hall–Kier alpha value is 0.250. The van der Waals surface area contributed by atoms with Crippen LogP contribution in [0.3, 0.4) is 0 Å². The van der Waals surface area contributed by atoms with Gasteiger partial charge in [-0.2, -0.15) is 0 Å². The van der Waals surface area contributed by atoms with Crippen LogP contribution in [0.2, 0.25) is 0 Å². The van der Waals surface area contributed by atoms with Crippen LogP contribution in [0.1, 0.15) is 78.1 Å². The molecule has 0 amide bonds. The molecule has 0 aliphatic rings. The van der Waals surface area contributed by atoms with Gasteiger partial charge in [-0.25, -0.2) is 0 Å². The molecule has 0 aliphatic heterocycles. The van der Waals surface area contributed by atoms with E-state index in [1.165, 1.54) is 64.2 Å². The number of rotatable bonds is 13. The van der Waals surface area contributed by atoms with Gasteiger partial charge in [0.1, 0.15) is 0 Å². The minimum atomic E-state index is 0.151. The number of halogens is 1. The molecule has 0 N–H and O–H groups in total. The van der Waals surface area contributed by atoms with E-state index in [0.29, 0.717) is 6.61 Å². The topological polar surface area (TPSA) is 9.23 Å². The van der Waals surface area contributed by atoms with E-state index in [-0.39, 0.29) is 5.38 Å². The highest BCUT2D eigenvalue weighted by Gasteiger charge is 1.96. The van der Waals surface area contributed by atoms with Crippen molar-refractivity contribution >= 4 is 11.6 Å². The van der Waals surface area contributed by atoms with Crippen LogP contribution in [0, 0.1) is 0 Å². The van der Waals surface area contributed by atoms with Crippen molar-refractivity contribution in [1.82, 2.24) is 0 Å². The molecule has 17 heavy (non-hydrogen) atoms. The third-order valence-corrected chi connectivity index (χ3v) is 3.12. The van der Waals surface area contributed by atoms with Crippen molar-refractivity contribution in [3.05, 3.63) is 0 Å². The largest absolute Gasteiger partial charge is 0.380 e. The molecule has 0 rings (SSSR count). The smallest absolute Gasteiger partial charge is 0.0627 e. The van der Waals surface area contributed by atoms with E-state index in [9.17, 15) is 0 Å². The van der Waals surface area contributed by atoms with Crippen LogP contribution in [0.5, 0.6) is 0 Å². The molecule has 0 aromatic carbocycles. The van der Waals surface area contributed by atoms with Gasteiger partial charge in [0.05, 0.1) is 12.0 Å². The van der Waals surface area contributed by atoms with Crippen LogP contribution < -0.4 is 0 Å². The van der Waals surface area contributed by atoms with Crippen molar-refractivity contribution < 1.29 is 4.74 Å². The first kappa shape index (κ1) is 17.2. The highest BCUT2D eigenvalue weighted by atomic mass is 35.5. The zero-order valence-electron chi connectivity index (χ0n) is 11.8. The number of unbranched alkanes of at least 4 members (excludes halogenated alkanes) is 9. The van der Waals surface area contributed by atoms with E-state index in [1.807, 2.05) is 6.92 Å². The summed E-state index contributed by atoms with van der Waals surface area (Å²) in [4.78, 5) is 0. The van der Waals surface area contributed by atoms with Crippen molar-refractivity contribution in [2.75, 3.05) is 13.2 Å². The van der Waals surface area contributed by atoms with Gasteiger partial charge in [0.25, 0.3) is 0 Å². The van der Waals surface area contributed by atoms with Gasteiger partial charge >= 0.3 is 0 Å². The second kappa shape index (κ2) is 14.3. The van der Waals surface area contributed by atoms with Crippen LogP contribution in [0.15, 0.2) is 0 Å². The molecule has 0 saturated heterocycles. The fraction of sp³-hybridized carbons (Fsp3) is 1.00. The van der Waals surface area contributed by atoms with Crippen molar-refractivity contribution in [2.45, 2.75) is 83.4 Å². The standard InChI is InChI=1S/C15H31ClO/c1-3-4-5-6-7-8-9-10-11-12-13-17-14-15(2)16/h15H,3-14H2,1-2H3. The second-order valence-electron chi connectivity index (χ2n) is 5.04. The van der Waals surface area contributed by atoms with Gasteiger partial charge in [-0.05, 0) is 13.3 Å². The van der Waals surface area contributed by atoms with Gasteiger partial charge in [0, 0.05) is 6.61 Å². The molecule has 104 valence electrons. The number of ether oxygens (including phenoxy) is 1. The van der Waals surface area contributed by atoms with Crippen LogP contribution in [-0.4, -0.2) is 18.6 Å². The Bertz CT molecular complexity index is 137. The highest BCUT2D eigenvalue weighted by molar-refractivity contribution is 6.20. The van der Waals surface area contributed by atoms with Crippen LogP contribution in [0.4, 0.5) is 0 Å². The van der Waals surface area contributed by atoms with Crippen LogP contribution >= 0.6 is 11.6 Å². The Balaban J connectivity index is 2.89. The van der Waals surface area contributed by atoms with E-state index in [4.69, 9.17) is 16.3 Å². The summed E-state index contributed by atoms with van der Waals surface area (Å²) in [7, 11) is 0. The number of hydrogen-bond donors (Lipinski definition) is 0. The molecular weight excluding hydrogens is 232 g/mol. The summed E-state index contributed by atoms with van der Waals surface area (Å²) in [6.07, 6.45) is 13.8. The van der Waals surface area contributed by atoms with Gasteiger partial charge < -0.3 is 4.74 Å². The Morgan fingerprint density at radius 2 is 1.29 bits per heavy atom. The van der Waals surface area contributed by atoms with Crippen LogP contribution in [0.25, 0.3) is 0 Å². The van der Waals surface area contributed by atoms with Crippen molar-refractivity contribution in [2.24, 2.45) is 0 Å². The molecule has 1 unspecified atom stereocenters. The monoisotopic (exact) mass is 262 g/mol. The van der Waals surface area contributed by atoms with Gasteiger partial charge in [-0.15, -0.1) is 11.6 Å². The lowest BCUT2D eigenvalue weighted by atomic mass is 10.1. The maximum absolute atomic E-state index is 5.79. The van der Waals surface area contributed by atoms with Crippen molar-refractivity contribution in [3.8, 4) is 0 Å². The Kier molecular flexibility index (Phi) is 14.5. The fourth-order valence-corrected chi connectivity index (χ4v) is 2.03. The van der Waals surface area contributed by atoms with Crippen molar-refractivity contribution in [1.29, 1.82) is 0 Å². The molecule has 0 saturated carbocycles. The first-order valence-corrected chi connectivity index (χ1v) is 7.92. The zero-order valence-corrected chi connectivity index (χ0v) is 12.6. The zero-order chi connectivity index (χ0) is 12.8. The third-order valence-electron chi connectivity index (χ3n) is 2.99. The first-order chi connectivity index (χ1) is 8.27.